The van der Waals surface area contributed by atoms with Crippen molar-refractivity contribution in [3.05, 3.63) is 5.89 Å². The molecule has 1 aliphatic heterocycles. The lowest BCUT2D eigenvalue weighted by atomic mass is 9.96. The van der Waals surface area contributed by atoms with E-state index in [1.54, 1.807) is 0 Å². The van der Waals surface area contributed by atoms with Crippen molar-refractivity contribution < 1.29 is 4.42 Å². The first-order valence-electron chi connectivity index (χ1n) is 7.36. The maximum atomic E-state index is 5.76. The minimum atomic E-state index is 0.494. The van der Waals surface area contributed by atoms with E-state index >= 15 is 0 Å². The third-order valence-corrected chi connectivity index (χ3v) is 3.65. The summed E-state index contributed by atoms with van der Waals surface area (Å²) < 4.78 is 5.76. The number of piperidine rings is 1. The molecule has 108 valence electrons. The molecule has 5 heteroatoms. The van der Waals surface area contributed by atoms with E-state index in [0.717, 1.165) is 13.1 Å². The van der Waals surface area contributed by atoms with Crippen LogP contribution in [0.3, 0.4) is 0 Å². The normalized spacial score (nSPS) is 24.2. The Bertz CT molecular complexity index is 391. The van der Waals surface area contributed by atoms with Gasteiger partial charge in [0.05, 0.1) is 6.54 Å². The van der Waals surface area contributed by atoms with Gasteiger partial charge in [-0.05, 0) is 38.1 Å². The van der Waals surface area contributed by atoms with Crippen LogP contribution >= 0.6 is 0 Å². The monoisotopic (exact) mass is 266 g/mol. The summed E-state index contributed by atoms with van der Waals surface area (Å²) in [6, 6.07) is 1.17. The lowest BCUT2D eigenvalue weighted by molar-refractivity contribution is 0.358. The highest BCUT2D eigenvalue weighted by Gasteiger charge is 2.26. The van der Waals surface area contributed by atoms with Gasteiger partial charge in [-0.3, -0.25) is 0 Å². The predicted octanol–water partition coefficient (Wildman–Crippen LogP) is 2.44. The summed E-state index contributed by atoms with van der Waals surface area (Å²) in [7, 11) is 0. The lowest BCUT2D eigenvalue weighted by Crippen LogP contribution is -2.41. The number of hydrogen-bond acceptors (Lipinski definition) is 5. The molecule has 0 spiro atoms. The minimum absolute atomic E-state index is 0.494. The quantitative estimate of drug-likeness (QED) is 0.887. The highest BCUT2D eigenvalue weighted by Crippen LogP contribution is 2.26. The fourth-order valence-corrected chi connectivity index (χ4v) is 2.46. The zero-order chi connectivity index (χ0) is 13.8. The SMILES string of the molecule is CC(C)CNCc1nnc(N2CC(C)CCC2C)o1. The van der Waals surface area contributed by atoms with Crippen molar-refractivity contribution in [3.63, 3.8) is 0 Å². The van der Waals surface area contributed by atoms with Crippen molar-refractivity contribution in [1.82, 2.24) is 15.5 Å². The number of rotatable bonds is 5. The second-order valence-electron chi connectivity index (χ2n) is 6.19. The average molecular weight is 266 g/mol. The molecule has 1 aliphatic rings. The van der Waals surface area contributed by atoms with E-state index in [9.17, 15) is 0 Å². The summed E-state index contributed by atoms with van der Waals surface area (Å²) in [5, 5.41) is 11.6. The first-order chi connectivity index (χ1) is 9.06. The molecule has 1 aromatic rings. The molecule has 1 aromatic heterocycles. The standard InChI is InChI=1S/C14H26N4O/c1-10(2)7-15-8-13-16-17-14(19-13)18-9-11(3)5-6-12(18)4/h10-12,15H,5-9H2,1-4H3. The number of hydrogen-bond donors (Lipinski definition) is 1. The molecule has 0 radical (unpaired) electrons. The van der Waals surface area contributed by atoms with Gasteiger partial charge in [-0.15, -0.1) is 5.10 Å². The average Bonchev–Trinajstić information content (AvgIpc) is 2.80. The first-order valence-corrected chi connectivity index (χ1v) is 7.36. The van der Waals surface area contributed by atoms with Crippen LogP contribution in [0.15, 0.2) is 4.42 Å². The van der Waals surface area contributed by atoms with Gasteiger partial charge in [0.1, 0.15) is 0 Å². The molecule has 19 heavy (non-hydrogen) atoms. The Morgan fingerprint density at radius 3 is 2.84 bits per heavy atom. The zero-order valence-electron chi connectivity index (χ0n) is 12.5. The van der Waals surface area contributed by atoms with Gasteiger partial charge >= 0.3 is 6.01 Å². The van der Waals surface area contributed by atoms with Crippen molar-refractivity contribution >= 4 is 6.01 Å². The van der Waals surface area contributed by atoms with Crippen molar-refractivity contribution in [2.45, 2.75) is 53.1 Å². The number of nitrogens with one attached hydrogen (secondary N) is 1. The van der Waals surface area contributed by atoms with Gasteiger partial charge in [0, 0.05) is 12.6 Å². The largest absolute Gasteiger partial charge is 0.407 e. The molecule has 0 bridgehead atoms. The molecule has 2 atom stereocenters. The van der Waals surface area contributed by atoms with Crippen molar-refractivity contribution in [2.75, 3.05) is 18.0 Å². The van der Waals surface area contributed by atoms with E-state index in [0.29, 0.717) is 36.3 Å². The van der Waals surface area contributed by atoms with E-state index in [2.05, 4.69) is 48.1 Å². The van der Waals surface area contributed by atoms with Crippen LogP contribution in [0, 0.1) is 11.8 Å². The second kappa shape index (κ2) is 6.37. The molecule has 5 nitrogen and oxygen atoms in total. The van der Waals surface area contributed by atoms with E-state index in [-0.39, 0.29) is 0 Å². The van der Waals surface area contributed by atoms with Crippen LogP contribution in [-0.4, -0.2) is 29.3 Å². The Kier molecular flexibility index (Phi) is 4.80. The van der Waals surface area contributed by atoms with E-state index in [1.165, 1.54) is 12.8 Å². The van der Waals surface area contributed by atoms with Gasteiger partial charge in [-0.2, -0.15) is 0 Å². The lowest BCUT2D eigenvalue weighted by Gasteiger charge is -2.35. The topological polar surface area (TPSA) is 54.2 Å². The van der Waals surface area contributed by atoms with Crippen molar-refractivity contribution in [3.8, 4) is 0 Å². The van der Waals surface area contributed by atoms with Crippen LogP contribution in [0.4, 0.5) is 6.01 Å². The zero-order valence-corrected chi connectivity index (χ0v) is 12.5. The Balaban J connectivity index is 1.92. The van der Waals surface area contributed by atoms with Crippen LogP contribution in [0.5, 0.6) is 0 Å². The van der Waals surface area contributed by atoms with E-state index in [1.807, 2.05) is 0 Å². The molecule has 0 aromatic carbocycles. The van der Waals surface area contributed by atoms with Gasteiger partial charge in [0.2, 0.25) is 5.89 Å². The fraction of sp³-hybridized carbons (Fsp3) is 0.857. The Hall–Kier alpha value is -1.10. The summed E-state index contributed by atoms with van der Waals surface area (Å²) in [5.74, 6) is 2.01. The highest BCUT2D eigenvalue weighted by molar-refractivity contribution is 5.27. The summed E-state index contributed by atoms with van der Waals surface area (Å²) in [6.45, 7) is 11.5. The molecule has 2 heterocycles. The number of aromatic nitrogens is 2. The summed E-state index contributed by atoms with van der Waals surface area (Å²) in [4.78, 5) is 2.24. The Morgan fingerprint density at radius 2 is 2.11 bits per heavy atom. The predicted molar refractivity (Wildman–Crippen MR) is 76.0 cm³/mol. The summed E-state index contributed by atoms with van der Waals surface area (Å²) >= 11 is 0. The summed E-state index contributed by atoms with van der Waals surface area (Å²) in [6.07, 6.45) is 2.49. The number of nitrogens with zero attached hydrogens (tertiary/aromatic N) is 3. The van der Waals surface area contributed by atoms with Crippen LogP contribution in [0.2, 0.25) is 0 Å². The smallest absolute Gasteiger partial charge is 0.318 e. The third kappa shape index (κ3) is 3.93. The van der Waals surface area contributed by atoms with Crippen molar-refractivity contribution in [2.24, 2.45) is 11.8 Å². The molecule has 1 saturated heterocycles. The molecular weight excluding hydrogens is 240 g/mol. The van der Waals surface area contributed by atoms with Gasteiger partial charge in [0.15, 0.2) is 0 Å². The molecule has 2 unspecified atom stereocenters. The fourth-order valence-electron chi connectivity index (χ4n) is 2.46. The van der Waals surface area contributed by atoms with Crippen LogP contribution < -0.4 is 10.2 Å². The van der Waals surface area contributed by atoms with Crippen LogP contribution in [0.1, 0.15) is 46.4 Å². The van der Waals surface area contributed by atoms with Crippen molar-refractivity contribution in [1.29, 1.82) is 0 Å². The molecule has 0 saturated carbocycles. The molecule has 1 N–H and O–H groups in total. The molecule has 1 fully saturated rings. The van der Waals surface area contributed by atoms with E-state index in [4.69, 9.17) is 4.42 Å². The Morgan fingerprint density at radius 1 is 1.32 bits per heavy atom. The van der Waals surface area contributed by atoms with Gasteiger partial charge < -0.3 is 14.6 Å². The second-order valence-corrected chi connectivity index (χ2v) is 6.19. The third-order valence-electron chi connectivity index (χ3n) is 3.65. The molecule has 2 rings (SSSR count). The molecule has 0 amide bonds. The maximum Gasteiger partial charge on any atom is 0.318 e. The molecular formula is C14H26N4O. The van der Waals surface area contributed by atoms with Crippen LogP contribution in [0.25, 0.3) is 0 Å². The molecule has 0 aliphatic carbocycles. The van der Waals surface area contributed by atoms with Gasteiger partial charge in [-0.25, -0.2) is 0 Å². The van der Waals surface area contributed by atoms with Gasteiger partial charge in [-0.1, -0.05) is 25.9 Å². The minimum Gasteiger partial charge on any atom is -0.407 e. The van der Waals surface area contributed by atoms with Gasteiger partial charge in [0.25, 0.3) is 0 Å². The number of anilines is 1. The summed E-state index contributed by atoms with van der Waals surface area (Å²) in [5.41, 5.74) is 0. The first kappa shape index (κ1) is 14.3. The van der Waals surface area contributed by atoms with Crippen LogP contribution in [-0.2, 0) is 6.54 Å². The van der Waals surface area contributed by atoms with E-state index < -0.39 is 0 Å². The maximum absolute atomic E-state index is 5.76. The Labute approximate surface area is 115 Å². The highest BCUT2D eigenvalue weighted by atomic mass is 16.4.